The van der Waals surface area contributed by atoms with Gasteiger partial charge in [-0.05, 0) is 49.2 Å². The van der Waals surface area contributed by atoms with Gasteiger partial charge >= 0.3 is 11.0 Å². The molecule has 0 saturated carbocycles. The highest BCUT2D eigenvalue weighted by molar-refractivity contribution is 7.16. The summed E-state index contributed by atoms with van der Waals surface area (Å²) in [4.78, 5) is 12.2. The summed E-state index contributed by atoms with van der Waals surface area (Å²) < 4.78 is 51.9. The molecule has 0 radical (unpaired) electrons. The molecule has 148 valence electrons. The van der Waals surface area contributed by atoms with Gasteiger partial charge in [0.15, 0.2) is 6.29 Å². The summed E-state index contributed by atoms with van der Waals surface area (Å²) in [6.07, 6.45) is -1.97. The summed E-state index contributed by atoms with van der Waals surface area (Å²) in [7, 11) is 0. The SMILES string of the molecule is O=c1sc2cc(OC3CCCCO3)ccc2n1-c1ccc(C(F)(F)F)cc1Cl. The zero-order valence-electron chi connectivity index (χ0n) is 14.5. The minimum absolute atomic E-state index is 0.146. The molecule has 1 aromatic heterocycles. The maximum absolute atomic E-state index is 12.9. The number of ether oxygens (including phenoxy) is 2. The van der Waals surface area contributed by atoms with Gasteiger partial charge in [-0.1, -0.05) is 22.9 Å². The van der Waals surface area contributed by atoms with E-state index >= 15 is 0 Å². The van der Waals surface area contributed by atoms with Gasteiger partial charge in [0.2, 0.25) is 0 Å². The van der Waals surface area contributed by atoms with E-state index in [4.69, 9.17) is 21.1 Å². The van der Waals surface area contributed by atoms with Gasteiger partial charge in [0.25, 0.3) is 0 Å². The van der Waals surface area contributed by atoms with Crippen molar-refractivity contribution in [1.29, 1.82) is 0 Å². The van der Waals surface area contributed by atoms with Crippen LogP contribution in [0.5, 0.6) is 5.75 Å². The standard InChI is InChI=1S/C19H15ClF3NO3S/c20-13-9-11(19(21,22)23)4-6-14(13)24-15-7-5-12(10-16(15)28-18(24)25)27-17-3-1-2-8-26-17/h4-7,9-10,17H,1-3,8H2. The summed E-state index contributed by atoms with van der Waals surface area (Å²) in [5, 5.41) is -0.146. The molecule has 3 aromatic rings. The van der Waals surface area contributed by atoms with Crippen molar-refractivity contribution in [2.45, 2.75) is 31.7 Å². The van der Waals surface area contributed by atoms with E-state index in [2.05, 4.69) is 0 Å². The molecule has 28 heavy (non-hydrogen) atoms. The average molecular weight is 430 g/mol. The van der Waals surface area contributed by atoms with Crippen molar-refractivity contribution < 1.29 is 22.6 Å². The number of nitrogens with zero attached hydrogens (tertiary/aromatic N) is 1. The van der Waals surface area contributed by atoms with Crippen LogP contribution in [0.1, 0.15) is 24.8 Å². The highest BCUT2D eigenvalue weighted by atomic mass is 35.5. The molecule has 1 fully saturated rings. The molecule has 1 aliphatic rings. The number of hydrogen-bond acceptors (Lipinski definition) is 4. The quantitative estimate of drug-likeness (QED) is 0.541. The van der Waals surface area contributed by atoms with E-state index in [0.717, 1.165) is 42.7 Å². The van der Waals surface area contributed by atoms with E-state index in [9.17, 15) is 18.0 Å². The lowest BCUT2D eigenvalue weighted by atomic mass is 10.2. The van der Waals surface area contributed by atoms with Crippen molar-refractivity contribution in [2.24, 2.45) is 0 Å². The second kappa shape index (κ2) is 7.42. The number of rotatable bonds is 3. The molecular weight excluding hydrogens is 415 g/mol. The molecule has 0 N–H and O–H groups in total. The molecule has 9 heteroatoms. The molecule has 0 aliphatic carbocycles. The molecule has 1 unspecified atom stereocenters. The van der Waals surface area contributed by atoms with Crippen molar-refractivity contribution in [3.8, 4) is 11.4 Å². The Balaban J connectivity index is 1.70. The monoisotopic (exact) mass is 429 g/mol. The predicted molar refractivity (Wildman–Crippen MR) is 102 cm³/mol. The topological polar surface area (TPSA) is 40.5 Å². The maximum Gasteiger partial charge on any atom is 0.416 e. The number of aromatic nitrogens is 1. The number of fused-ring (bicyclic) bond motifs is 1. The van der Waals surface area contributed by atoms with Gasteiger partial charge < -0.3 is 9.47 Å². The van der Waals surface area contributed by atoms with Crippen LogP contribution in [0.4, 0.5) is 13.2 Å². The summed E-state index contributed by atoms with van der Waals surface area (Å²) in [5.74, 6) is 0.575. The molecule has 0 spiro atoms. The van der Waals surface area contributed by atoms with Crippen LogP contribution >= 0.6 is 22.9 Å². The fraction of sp³-hybridized carbons (Fsp3) is 0.316. The van der Waals surface area contributed by atoms with Gasteiger partial charge in [-0.3, -0.25) is 9.36 Å². The first-order chi connectivity index (χ1) is 13.3. The van der Waals surface area contributed by atoms with E-state index in [-0.39, 0.29) is 21.9 Å². The third-order valence-electron chi connectivity index (χ3n) is 4.47. The molecule has 1 aliphatic heterocycles. The summed E-state index contributed by atoms with van der Waals surface area (Å²) >= 11 is 7.04. The minimum Gasteiger partial charge on any atom is -0.465 e. The molecule has 0 amide bonds. The fourth-order valence-electron chi connectivity index (χ4n) is 3.12. The van der Waals surface area contributed by atoms with Crippen molar-refractivity contribution >= 4 is 33.2 Å². The van der Waals surface area contributed by atoms with Crippen LogP contribution in [-0.4, -0.2) is 17.5 Å². The van der Waals surface area contributed by atoms with Crippen molar-refractivity contribution in [3.05, 3.63) is 56.7 Å². The summed E-state index contributed by atoms with van der Waals surface area (Å²) in [6, 6.07) is 8.08. The Hall–Kier alpha value is -2.03. The van der Waals surface area contributed by atoms with Crippen LogP contribution < -0.4 is 9.61 Å². The van der Waals surface area contributed by atoms with Gasteiger partial charge in [-0.2, -0.15) is 13.2 Å². The Bertz CT molecular complexity index is 1070. The van der Waals surface area contributed by atoms with Gasteiger partial charge in [0, 0.05) is 6.42 Å². The van der Waals surface area contributed by atoms with Crippen LogP contribution in [0.2, 0.25) is 5.02 Å². The fourth-order valence-corrected chi connectivity index (χ4v) is 4.30. The second-order valence-corrected chi connectivity index (χ2v) is 7.81. The molecule has 4 nitrogen and oxygen atoms in total. The lowest BCUT2D eigenvalue weighted by molar-refractivity contribution is -0.137. The van der Waals surface area contributed by atoms with Gasteiger partial charge in [0.1, 0.15) is 5.75 Å². The lowest BCUT2D eigenvalue weighted by Crippen LogP contribution is -2.24. The molecule has 2 aromatic carbocycles. The molecule has 1 atom stereocenters. The van der Waals surface area contributed by atoms with Crippen molar-refractivity contribution in [3.63, 3.8) is 0 Å². The zero-order chi connectivity index (χ0) is 19.9. The highest BCUT2D eigenvalue weighted by Crippen LogP contribution is 2.34. The lowest BCUT2D eigenvalue weighted by Gasteiger charge is -2.23. The molecule has 4 rings (SSSR count). The van der Waals surface area contributed by atoms with Gasteiger partial charge in [-0.15, -0.1) is 0 Å². The van der Waals surface area contributed by atoms with Crippen LogP contribution in [-0.2, 0) is 10.9 Å². The Kier molecular flexibility index (Phi) is 5.11. The van der Waals surface area contributed by atoms with Gasteiger partial charge in [-0.25, -0.2) is 0 Å². The number of hydrogen-bond donors (Lipinski definition) is 0. The smallest absolute Gasteiger partial charge is 0.416 e. The molecule has 0 bridgehead atoms. The van der Waals surface area contributed by atoms with Crippen LogP contribution in [0.25, 0.3) is 15.9 Å². The van der Waals surface area contributed by atoms with E-state index < -0.39 is 11.7 Å². The minimum atomic E-state index is -4.50. The average Bonchev–Trinajstić information content (AvgIpc) is 2.97. The van der Waals surface area contributed by atoms with Crippen LogP contribution in [0.15, 0.2) is 41.2 Å². The van der Waals surface area contributed by atoms with Crippen molar-refractivity contribution in [2.75, 3.05) is 6.61 Å². The van der Waals surface area contributed by atoms with Crippen molar-refractivity contribution in [1.82, 2.24) is 4.57 Å². The summed E-state index contributed by atoms with van der Waals surface area (Å²) in [6.45, 7) is 0.656. The molecule has 1 saturated heterocycles. The summed E-state index contributed by atoms with van der Waals surface area (Å²) in [5.41, 5.74) is -0.110. The van der Waals surface area contributed by atoms with E-state index in [1.165, 1.54) is 10.6 Å². The number of alkyl halides is 3. The highest BCUT2D eigenvalue weighted by Gasteiger charge is 2.31. The number of benzene rings is 2. The first kappa shape index (κ1) is 19.3. The maximum atomic E-state index is 12.9. The Labute approximate surface area is 167 Å². The first-order valence-corrected chi connectivity index (χ1v) is 9.83. The number of thiazole rings is 1. The molecular formula is C19H15ClF3NO3S. The van der Waals surface area contributed by atoms with E-state index in [1.807, 2.05) is 0 Å². The van der Waals surface area contributed by atoms with E-state index in [0.29, 0.717) is 22.6 Å². The van der Waals surface area contributed by atoms with E-state index in [1.54, 1.807) is 18.2 Å². The molecule has 2 heterocycles. The predicted octanol–water partition coefficient (Wildman–Crippen LogP) is 5.63. The van der Waals surface area contributed by atoms with Crippen LogP contribution in [0, 0.1) is 0 Å². The van der Waals surface area contributed by atoms with Crippen LogP contribution in [0.3, 0.4) is 0 Å². The third kappa shape index (κ3) is 3.76. The largest absolute Gasteiger partial charge is 0.465 e. The Morgan fingerprint density at radius 2 is 2.00 bits per heavy atom. The number of halogens is 4. The zero-order valence-corrected chi connectivity index (χ0v) is 16.0. The Morgan fingerprint density at radius 3 is 2.68 bits per heavy atom. The first-order valence-electron chi connectivity index (χ1n) is 8.64. The second-order valence-electron chi connectivity index (χ2n) is 6.41. The normalized spacial score (nSPS) is 17.8. The Morgan fingerprint density at radius 1 is 1.18 bits per heavy atom. The third-order valence-corrected chi connectivity index (χ3v) is 5.68. The van der Waals surface area contributed by atoms with Gasteiger partial charge in [0.05, 0.1) is 33.1 Å².